The van der Waals surface area contributed by atoms with Gasteiger partial charge in [0.25, 0.3) is 5.89 Å². The number of aryl methyl sites for hydroxylation is 1. The highest BCUT2D eigenvalue weighted by Gasteiger charge is 2.10. The Balaban J connectivity index is 2.48. The molecule has 15 heavy (non-hydrogen) atoms. The molecule has 2 aromatic rings. The Bertz CT molecular complexity index is 488. The molecule has 0 aliphatic carbocycles. The lowest BCUT2D eigenvalue weighted by molar-refractivity contribution is 0.109. The molecule has 0 spiro atoms. The van der Waals surface area contributed by atoms with E-state index in [2.05, 4.69) is 4.98 Å². The second-order valence-electron chi connectivity index (χ2n) is 3.09. The van der Waals surface area contributed by atoms with Crippen LogP contribution in [0.1, 0.15) is 16.4 Å². The van der Waals surface area contributed by atoms with Crippen molar-refractivity contribution in [3.63, 3.8) is 0 Å². The van der Waals surface area contributed by atoms with Crippen molar-refractivity contribution >= 4 is 6.29 Å². The second-order valence-corrected chi connectivity index (χ2v) is 3.09. The topological polar surface area (TPSA) is 43.1 Å². The van der Waals surface area contributed by atoms with Crippen molar-refractivity contribution in [3.8, 4) is 11.3 Å². The Hall–Kier alpha value is -1.97. The number of oxazole rings is 1. The van der Waals surface area contributed by atoms with Crippen LogP contribution in [0.2, 0.25) is 0 Å². The number of aldehydes is 1. The first-order chi connectivity index (χ1) is 7.20. The third kappa shape index (κ3) is 1.79. The smallest absolute Gasteiger partial charge is 0.260 e. The minimum absolute atomic E-state index is 0.0341. The van der Waals surface area contributed by atoms with E-state index in [1.807, 2.05) is 0 Å². The van der Waals surface area contributed by atoms with Crippen LogP contribution in [0, 0.1) is 12.7 Å². The lowest BCUT2D eigenvalue weighted by Crippen LogP contribution is -1.79. The van der Waals surface area contributed by atoms with Gasteiger partial charge in [-0.3, -0.25) is 4.79 Å². The predicted molar refractivity (Wildman–Crippen MR) is 52.0 cm³/mol. The summed E-state index contributed by atoms with van der Waals surface area (Å²) >= 11 is 0. The Morgan fingerprint density at radius 1 is 1.33 bits per heavy atom. The molecular formula is C11H8FNO2. The van der Waals surface area contributed by atoms with E-state index in [1.165, 1.54) is 12.1 Å². The summed E-state index contributed by atoms with van der Waals surface area (Å²) in [5.74, 6) is 0.218. The third-order valence-corrected chi connectivity index (χ3v) is 2.02. The molecule has 0 saturated heterocycles. The van der Waals surface area contributed by atoms with Crippen molar-refractivity contribution < 1.29 is 13.6 Å². The van der Waals surface area contributed by atoms with Gasteiger partial charge in [-0.05, 0) is 31.2 Å². The number of carbonyl (C=O) groups excluding carboxylic acids is 1. The fraction of sp³-hybridized carbons (Fsp3) is 0.0909. The summed E-state index contributed by atoms with van der Waals surface area (Å²) in [5.41, 5.74) is 1.32. The molecule has 0 atom stereocenters. The first kappa shape index (κ1) is 9.58. The Labute approximate surface area is 85.6 Å². The summed E-state index contributed by atoms with van der Waals surface area (Å²) in [6.45, 7) is 1.73. The SMILES string of the molecule is Cc1nc(C=O)oc1-c1ccc(F)cc1. The van der Waals surface area contributed by atoms with Crippen LogP contribution in [-0.2, 0) is 0 Å². The molecule has 0 radical (unpaired) electrons. The average Bonchev–Trinajstić information content (AvgIpc) is 2.61. The lowest BCUT2D eigenvalue weighted by Gasteiger charge is -1.96. The Kier molecular flexibility index (Phi) is 2.33. The maximum Gasteiger partial charge on any atom is 0.260 e. The zero-order valence-corrected chi connectivity index (χ0v) is 8.03. The van der Waals surface area contributed by atoms with Gasteiger partial charge in [-0.15, -0.1) is 0 Å². The molecule has 0 amide bonds. The first-order valence-electron chi connectivity index (χ1n) is 4.39. The van der Waals surface area contributed by atoms with Gasteiger partial charge < -0.3 is 4.42 Å². The first-order valence-corrected chi connectivity index (χ1v) is 4.39. The minimum atomic E-state index is -0.313. The van der Waals surface area contributed by atoms with E-state index < -0.39 is 0 Å². The van der Waals surface area contributed by atoms with Gasteiger partial charge in [0, 0.05) is 5.56 Å². The number of hydrogen-bond acceptors (Lipinski definition) is 3. The summed E-state index contributed by atoms with van der Waals surface area (Å²) < 4.78 is 17.9. The molecule has 4 heteroatoms. The van der Waals surface area contributed by atoms with Gasteiger partial charge >= 0.3 is 0 Å². The predicted octanol–water partition coefficient (Wildman–Crippen LogP) is 2.60. The lowest BCUT2D eigenvalue weighted by atomic mass is 10.1. The molecule has 2 rings (SSSR count). The minimum Gasteiger partial charge on any atom is -0.434 e. The second kappa shape index (κ2) is 3.65. The van der Waals surface area contributed by atoms with Crippen LogP contribution in [0.25, 0.3) is 11.3 Å². The number of nitrogens with zero attached hydrogens (tertiary/aromatic N) is 1. The van der Waals surface area contributed by atoms with E-state index in [9.17, 15) is 9.18 Å². The monoisotopic (exact) mass is 205 g/mol. The Morgan fingerprint density at radius 2 is 2.00 bits per heavy atom. The zero-order chi connectivity index (χ0) is 10.8. The number of aromatic nitrogens is 1. The van der Waals surface area contributed by atoms with Crippen molar-refractivity contribution in [1.29, 1.82) is 0 Å². The van der Waals surface area contributed by atoms with Gasteiger partial charge in [-0.25, -0.2) is 9.37 Å². The highest BCUT2D eigenvalue weighted by molar-refractivity contribution is 5.70. The number of benzene rings is 1. The van der Waals surface area contributed by atoms with Crippen LogP contribution in [0.3, 0.4) is 0 Å². The maximum atomic E-state index is 12.7. The molecule has 0 N–H and O–H groups in total. The van der Waals surface area contributed by atoms with Crippen molar-refractivity contribution in [2.24, 2.45) is 0 Å². The van der Waals surface area contributed by atoms with Crippen LogP contribution in [0.15, 0.2) is 28.7 Å². The van der Waals surface area contributed by atoms with E-state index in [4.69, 9.17) is 4.42 Å². The molecule has 0 bridgehead atoms. The third-order valence-electron chi connectivity index (χ3n) is 2.02. The van der Waals surface area contributed by atoms with Gasteiger partial charge in [0.1, 0.15) is 5.82 Å². The normalized spacial score (nSPS) is 10.3. The van der Waals surface area contributed by atoms with Crippen molar-refractivity contribution in [2.75, 3.05) is 0 Å². The highest BCUT2D eigenvalue weighted by atomic mass is 19.1. The molecule has 0 aliphatic heterocycles. The molecule has 76 valence electrons. The van der Waals surface area contributed by atoms with E-state index in [-0.39, 0.29) is 11.7 Å². The fourth-order valence-corrected chi connectivity index (χ4v) is 1.34. The number of halogens is 1. The molecule has 1 heterocycles. The summed E-state index contributed by atoms with van der Waals surface area (Å²) in [6, 6.07) is 5.82. The number of rotatable bonds is 2. The number of hydrogen-bond donors (Lipinski definition) is 0. The van der Waals surface area contributed by atoms with Crippen LogP contribution >= 0.6 is 0 Å². The van der Waals surface area contributed by atoms with Crippen molar-refractivity contribution in [3.05, 3.63) is 41.7 Å². The maximum absolute atomic E-state index is 12.7. The molecule has 0 saturated carbocycles. The summed E-state index contributed by atoms with van der Waals surface area (Å²) in [6.07, 6.45) is 0.542. The highest BCUT2D eigenvalue weighted by Crippen LogP contribution is 2.23. The van der Waals surface area contributed by atoms with Gasteiger partial charge in [0.15, 0.2) is 5.76 Å². The van der Waals surface area contributed by atoms with Gasteiger partial charge in [-0.1, -0.05) is 0 Å². The van der Waals surface area contributed by atoms with Crippen LogP contribution in [0.5, 0.6) is 0 Å². The van der Waals surface area contributed by atoms with Crippen LogP contribution in [0.4, 0.5) is 4.39 Å². The molecular weight excluding hydrogens is 197 g/mol. The zero-order valence-electron chi connectivity index (χ0n) is 8.03. The molecule has 3 nitrogen and oxygen atoms in total. The standard InChI is InChI=1S/C11H8FNO2/c1-7-11(15-10(6-14)13-7)8-2-4-9(12)5-3-8/h2-6H,1H3. The van der Waals surface area contributed by atoms with Gasteiger partial charge in [0.05, 0.1) is 5.69 Å². The van der Waals surface area contributed by atoms with Crippen molar-refractivity contribution in [1.82, 2.24) is 4.98 Å². The molecule has 1 aromatic heterocycles. The van der Waals surface area contributed by atoms with E-state index in [1.54, 1.807) is 19.1 Å². The quantitative estimate of drug-likeness (QED) is 0.708. The Morgan fingerprint density at radius 3 is 2.53 bits per heavy atom. The van der Waals surface area contributed by atoms with E-state index in [0.717, 1.165) is 0 Å². The molecule has 0 fully saturated rings. The molecule has 1 aromatic carbocycles. The summed E-state index contributed by atoms with van der Waals surface area (Å²) in [4.78, 5) is 14.3. The van der Waals surface area contributed by atoms with E-state index >= 15 is 0 Å². The van der Waals surface area contributed by atoms with Crippen molar-refractivity contribution in [2.45, 2.75) is 6.92 Å². The van der Waals surface area contributed by atoms with Gasteiger partial charge in [-0.2, -0.15) is 0 Å². The molecule has 0 unspecified atom stereocenters. The number of carbonyl (C=O) groups is 1. The fourth-order valence-electron chi connectivity index (χ4n) is 1.34. The van der Waals surface area contributed by atoms with E-state index in [0.29, 0.717) is 23.3 Å². The summed E-state index contributed by atoms with van der Waals surface area (Å²) in [7, 11) is 0. The summed E-state index contributed by atoms with van der Waals surface area (Å²) in [5, 5.41) is 0. The van der Waals surface area contributed by atoms with Crippen LogP contribution in [-0.4, -0.2) is 11.3 Å². The van der Waals surface area contributed by atoms with Crippen LogP contribution < -0.4 is 0 Å². The molecule has 0 aliphatic rings. The van der Waals surface area contributed by atoms with Gasteiger partial charge in [0.2, 0.25) is 6.29 Å². The average molecular weight is 205 g/mol. The largest absolute Gasteiger partial charge is 0.434 e.